The number of ether oxygens (including phenoxy) is 1. The number of hydrogen-bond acceptors (Lipinski definition) is 4. The molecule has 1 saturated heterocycles. The summed E-state index contributed by atoms with van der Waals surface area (Å²) in [6.07, 6.45) is 0. The average Bonchev–Trinajstić information content (AvgIpc) is 2.67. The number of rotatable bonds is 5. The highest BCUT2D eigenvalue weighted by Crippen LogP contribution is 2.17. The van der Waals surface area contributed by atoms with E-state index < -0.39 is 0 Å². The van der Waals surface area contributed by atoms with Gasteiger partial charge in [-0.2, -0.15) is 0 Å². The summed E-state index contributed by atoms with van der Waals surface area (Å²) in [6, 6.07) is 13.7. The third-order valence-corrected chi connectivity index (χ3v) is 4.66. The lowest BCUT2D eigenvalue weighted by Gasteiger charge is -2.33. The summed E-state index contributed by atoms with van der Waals surface area (Å²) < 4.78 is 5.59. The fourth-order valence-electron chi connectivity index (χ4n) is 2.91. The standard InChI is InChI=1S/C20H21ClN2O3/c1-14-12-22-10-11-23(14)19(24)13-26-18-8-4-16(5-9-18)20(25)15-2-6-17(21)7-3-15/h2-9,14,22H,10-13H2,1H3. The number of carbonyl (C=O) groups excluding carboxylic acids is 2. The van der Waals surface area contributed by atoms with Crippen LogP contribution in [0.3, 0.4) is 0 Å². The molecule has 0 radical (unpaired) electrons. The number of nitrogens with one attached hydrogen (secondary N) is 1. The molecule has 2 aromatic rings. The molecule has 1 aliphatic heterocycles. The Morgan fingerprint density at radius 2 is 1.73 bits per heavy atom. The molecule has 1 fully saturated rings. The highest BCUT2D eigenvalue weighted by Gasteiger charge is 2.23. The van der Waals surface area contributed by atoms with Gasteiger partial charge in [0.25, 0.3) is 5.91 Å². The molecule has 136 valence electrons. The average molecular weight is 373 g/mol. The summed E-state index contributed by atoms with van der Waals surface area (Å²) in [7, 11) is 0. The maximum absolute atomic E-state index is 12.4. The van der Waals surface area contributed by atoms with Gasteiger partial charge in [-0.1, -0.05) is 11.6 Å². The summed E-state index contributed by atoms with van der Waals surface area (Å²) in [5, 5.41) is 3.84. The molecular weight excluding hydrogens is 352 g/mol. The number of piperazine rings is 1. The Labute approximate surface area is 157 Å². The normalized spacial score (nSPS) is 17.0. The van der Waals surface area contributed by atoms with Crippen LogP contribution in [0, 0.1) is 0 Å². The van der Waals surface area contributed by atoms with Gasteiger partial charge in [-0.05, 0) is 55.5 Å². The van der Waals surface area contributed by atoms with Crippen molar-refractivity contribution in [2.75, 3.05) is 26.2 Å². The summed E-state index contributed by atoms with van der Waals surface area (Å²) in [5.41, 5.74) is 1.13. The first-order valence-corrected chi connectivity index (χ1v) is 8.96. The van der Waals surface area contributed by atoms with Crippen LogP contribution < -0.4 is 10.1 Å². The fraction of sp³-hybridized carbons (Fsp3) is 0.300. The van der Waals surface area contributed by atoms with E-state index in [1.165, 1.54) is 0 Å². The van der Waals surface area contributed by atoms with Crippen LogP contribution in [0.1, 0.15) is 22.8 Å². The second kappa shape index (κ2) is 8.34. The van der Waals surface area contributed by atoms with Gasteiger partial charge in [0.1, 0.15) is 5.75 Å². The fourth-order valence-corrected chi connectivity index (χ4v) is 3.04. The number of benzene rings is 2. The molecule has 1 aliphatic rings. The highest BCUT2D eigenvalue weighted by molar-refractivity contribution is 6.30. The predicted molar refractivity (Wildman–Crippen MR) is 101 cm³/mol. The Hall–Kier alpha value is -2.37. The molecule has 1 N–H and O–H groups in total. The minimum absolute atomic E-state index is 0.00514. The molecule has 1 atom stereocenters. The lowest BCUT2D eigenvalue weighted by atomic mass is 10.0. The molecule has 6 heteroatoms. The largest absolute Gasteiger partial charge is 0.484 e. The topological polar surface area (TPSA) is 58.6 Å². The van der Waals surface area contributed by atoms with Crippen molar-refractivity contribution in [3.8, 4) is 5.75 Å². The van der Waals surface area contributed by atoms with Crippen LogP contribution in [-0.2, 0) is 4.79 Å². The van der Waals surface area contributed by atoms with E-state index in [2.05, 4.69) is 5.32 Å². The number of nitrogens with zero attached hydrogens (tertiary/aromatic N) is 1. The molecule has 0 spiro atoms. The van der Waals surface area contributed by atoms with Gasteiger partial charge in [-0.15, -0.1) is 0 Å². The molecule has 0 aliphatic carbocycles. The Kier molecular flexibility index (Phi) is 5.91. The third-order valence-electron chi connectivity index (χ3n) is 4.41. The van der Waals surface area contributed by atoms with E-state index in [1.54, 1.807) is 48.5 Å². The zero-order valence-corrected chi connectivity index (χ0v) is 15.3. The lowest BCUT2D eigenvalue weighted by Crippen LogP contribution is -2.53. The van der Waals surface area contributed by atoms with Crippen LogP contribution >= 0.6 is 11.6 Å². The monoisotopic (exact) mass is 372 g/mol. The second-order valence-electron chi connectivity index (χ2n) is 6.29. The molecule has 1 amide bonds. The highest BCUT2D eigenvalue weighted by atomic mass is 35.5. The summed E-state index contributed by atoms with van der Waals surface area (Å²) in [4.78, 5) is 26.5. The van der Waals surface area contributed by atoms with Crippen LogP contribution in [0.25, 0.3) is 0 Å². The van der Waals surface area contributed by atoms with E-state index in [0.717, 1.165) is 13.1 Å². The van der Waals surface area contributed by atoms with E-state index in [4.69, 9.17) is 16.3 Å². The van der Waals surface area contributed by atoms with Crippen molar-refractivity contribution >= 4 is 23.3 Å². The Bertz CT molecular complexity index is 775. The summed E-state index contributed by atoms with van der Waals surface area (Å²) in [5.74, 6) is 0.452. The molecule has 2 aromatic carbocycles. The van der Waals surface area contributed by atoms with Crippen LogP contribution in [-0.4, -0.2) is 48.9 Å². The molecular formula is C20H21ClN2O3. The van der Waals surface area contributed by atoms with Crippen molar-refractivity contribution in [3.63, 3.8) is 0 Å². The SMILES string of the molecule is CC1CNCCN1C(=O)COc1ccc(C(=O)c2ccc(Cl)cc2)cc1. The summed E-state index contributed by atoms with van der Waals surface area (Å²) >= 11 is 5.85. The van der Waals surface area contributed by atoms with E-state index in [-0.39, 0.29) is 24.3 Å². The molecule has 0 bridgehead atoms. The zero-order chi connectivity index (χ0) is 18.5. The number of hydrogen-bond donors (Lipinski definition) is 1. The van der Waals surface area contributed by atoms with E-state index in [0.29, 0.717) is 28.4 Å². The number of ketones is 1. The van der Waals surface area contributed by atoms with Crippen molar-refractivity contribution in [1.29, 1.82) is 0 Å². The van der Waals surface area contributed by atoms with Gasteiger partial charge in [0.15, 0.2) is 12.4 Å². The van der Waals surface area contributed by atoms with E-state index in [9.17, 15) is 9.59 Å². The summed E-state index contributed by atoms with van der Waals surface area (Å²) in [6.45, 7) is 4.30. The smallest absolute Gasteiger partial charge is 0.260 e. The molecule has 5 nitrogen and oxygen atoms in total. The van der Waals surface area contributed by atoms with Crippen molar-refractivity contribution in [1.82, 2.24) is 10.2 Å². The van der Waals surface area contributed by atoms with Crippen molar-refractivity contribution < 1.29 is 14.3 Å². The minimum Gasteiger partial charge on any atom is -0.484 e. The second-order valence-corrected chi connectivity index (χ2v) is 6.73. The van der Waals surface area contributed by atoms with Gasteiger partial charge < -0.3 is 15.0 Å². The van der Waals surface area contributed by atoms with Gasteiger partial charge in [0, 0.05) is 41.8 Å². The third kappa shape index (κ3) is 4.42. The molecule has 0 aromatic heterocycles. The quantitative estimate of drug-likeness (QED) is 0.820. The van der Waals surface area contributed by atoms with E-state index >= 15 is 0 Å². The first-order chi connectivity index (χ1) is 12.5. The van der Waals surface area contributed by atoms with Gasteiger partial charge >= 0.3 is 0 Å². The van der Waals surface area contributed by atoms with Crippen LogP contribution in [0.15, 0.2) is 48.5 Å². The predicted octanol–water partition coefficient (Wildman–Crippen LogP) is 2.77. The zero-order valence-electron chi connectivity index (χ0n) is 14.6. The van der Waals surface area contributed by atoms with Gasteiger partial charge in [-0.25, -0.2) is 0 Å². The van der Waals surface area contributed by atoms with Crippen LogP contribution in [0.2, 0.25) is 5.02 Å². The number of amides is 1. The first kappa shape index (κ1) is 18.4. The Morgan fingerprint density at radius 1 is 1.12 bits per heavy atom. The molecule has 26 heavy (non-hydrogen) atoms. The van der Waals surface area contributed by atoms with Crippen molar-refractivity contribution in [2.24, 2.45) is 0 Å². The maximum atomic E-state index is 12.4. The Balaban J connectivity index is 1.58. The first-order valence-electron chi connectivity index (χ1n) is 8.58. The van der Waals surface area contributed by atoms with E-state index in [1.807, 2.05) is 11.8 Å². The van der Waals surface area contributed by atoms with Crippen LogP contribution in [0.5, 0.6) is 5.75 Å². The van der Waals surface area contributed by atoms with Gasteiger partial charge in [0.05, 0.1) is 0 Å². The Morgan fingerprint density at radius 3 is 2.35 bits per heavy atom. The van der Waals surface area contributed by atoms with Gasteiger partial charge in [-0.3, -0.25) is 9.59 Å². The number of halogens is 1. The van der Waals surface area contributed by atoms with Crippen LogP contribution in [0.4, 0.5) is 0 Å². The maximum Gasteiger partial charge on any atom is 0.260 e. The lowest BCUT2D eigenvalue weighted by molar-refractivity contribution is -0.136. The van der Waals surface area contributed by atoms with Crippen molar-refractivity contribution in [3.05, 3.63) is 64.7 Å². The molecule has 0 saturated carbocycles. The van der Waals surface area contributed by atoms with Crippen molar-refractivity contribution in [2.45, 2.75) is 13.0 Å². The minimum atomic E-state index is -0.0843. The molecule has 3 rings (SSSR count). The number of carbonyl (C=O) groups is 2. The molecule has 1 unspecified atom stereocenters. The molecule has 1 heterocycles. The van der Waals surface area contributed by atoms with Gasteiger partial charge in [0.2, 0.25) is 0 Å².